The summed E-state index contributed by atoms with van der Waals surface area (Å²) >= 11 is 1.23. The molecule has 0 N–H and O–H groups in total. The summed E-state index contributed by atoms with van der Waals surface area (Å²) in [5.74, 6) is 0.448. The first kappa shape index (κ1) is 20.4. The zero-order chi connectivity index (χ0) is 21.8. The molecule has 9 nitrogen and oxygen atoms in total. The van der Waals surface area contributed by atoms with Gasteiger partial charge in [-0.3, -0.25) is 24.5 Å². The summed E-state index contributed by atoms with van der Waals surface area (Å²) in [4.78, 5) is 31.3. The van der Waals surface area contributed by atoms with Crippen LogP contribution in [-0.2, 0) is 0 Å². The number of thioether (sulfide) groups is 1. The quantitative estimate of drug-likeness (QED) is 0.187. The van der Waals surface area contributed by atoms with Crippen LogP contribution >= 0.6 is 11.8 Å². The topological polar surface area (TPSA) is 117 Å². The van der Waals surface area contributed by atoms with Crippen LogP contribution in [0, 0.1) is 17.0 Å². The van der Waals surface area contributed by atoms with E-state index in [1.54, 1.807) is 18.6 Å². The molecule has 154 valence electrons. The van der Waals surface area contributed by atoms with Crippen molar-refractivity contribution in [1.29, 1.82) is 0 Å². The Kier molecular flexibility index (Phi) is 5.80. The molecular formula is C21H16N6O3S. The fourth-order valence-corrected chi connectivity index (χ4v) is 3.70. The summed E-state index contributed by atoms with van der Waals surface area (Å²) in [6.07, 6.45) is 4.76. The molecule has 0 amide bonds. The summed E-state index contributed by atoms with van der Waals surface area (Å²) in [6, 6.07) is 13.4. The monoisotopic (exact) mass is 432 g/mol. The number of carbonyl (C=O) groups is 1. The number of aromatic nitrogens is 5. The number of nitrogens with zero attached hydrogens (tertiary/aromatic N) is 6. The Morgan fingerprint density at radius 1 is 1.06 bits per heavy atom. The van der Waals surface area contributed by atoms with E-state index in [-0.39, 0.29) is 17.2 Å². The van der Waals surface area contributed by atoms with E-state index in [1.165, 1.54) is 36.0 Å². The number of carbonyl (C=O) groups excluding carboxylic acids is 1. The van der Waals surface area contributed by atoms with Crippen LogP contribution in [0.4, 0.5) is 5.69 Å². The summed E-state index contributed by atoms with van der Waals surface area (Å²) in [7, 11) is 0. The Balaban J connectivity index is 1.62. The molecule has 0 bridgehead atoms. The molecule has 2 aromatic heterocycles. The molecule has 0 spiro atoms. The van der Waals surface area contributed by atoms with Crippen molar-refractivity contribution in [3.8, 4) is 17.2 Å². The first-order valence-corrected chi connectivity index (χ1v) is 10.2. The second-order valence-electron chi connectivity index (χ2n) is 6.58. The first-order chi connectivity index (χ1) is 15.0. The molecule has 2 aromatic carbocycles. The smallest absolute Gasteiger partial charge is 0.269 e. The molecule has 31 heavy (non-hydrogen) atoms. The molecule has 2 heterocycles. The van der Waals surface area contributed by atoms with E-state index in [1.807, 2.05) is 35.8 Å². The minimum absolute atomic E-state index is 0.0584. The van der Waals surface area contributed by atoms with Gasteiger partial charge in [0.1, 0.15) is 5.69 Å². The molecule has 4 aromatic rings. The number of ketones is 1. The SMILES string of the molecule is Cc1ccc(-n2c(SCC(=O)c3ccc([N+](=O)[O-])cc3)nnc2-c2cnccn2)cc1. The lowest BCUT2D eigenvalue weighted by molar-refractivity contribution is -0.384. The van der Waals surface area contributed by atoms with E-state index >= 15 is 0 Å². The summed E-state index contributed by atoms with van der Waals surface area (Å²) < 4.78 is 1.83. The van der Waals surface area contributed by atoms with Gasteiger partial charge in [0.25, 0.3) is 5.69 Å². The van der Waals surface area contributed by atoms with Crippen molar-refractivity contribution in [3.05, 3.63) is 88.4 Å². The van der Waals surface area contributed by atoms with Crippen molar-refractivity contribution >= 4 is 23.2 Å². The molecule has 0 aliphatic carbocycles. The van der Waals surface area contributed by atoms with E-state index in [9.17, 15) is 14.9 Å². The summed E-state index contributed by atoms with van der Waals surface area (Å²) in [5, 5.41) is 19.9. The van der Waals surface area contributed by atoms with E-state index in [4.69, 9.17) is 0 Å². The summed E-state index contributed by atoms with van der Waals surface area (Å²) in [6.45, 7) is 2.00. The van der Waals surface area contributed by atoms with Crippen molar-refractivity contribution in [2.24, 2.45) is 0 Å². The van der Waals surface area contributed by atoms with Crippen LogP contribution in [0.25, 0.3) is 17.2 Å². The number of nitro benzene ring substituents is 1. The molecular weight excluding hydrogens is 416 g/mol. The number of nitro groups is 1. The molecule has 0 fully saturated rings. The number of hydrogen-bond acceptors (Lipinski definition) is 8. The predicted octanol–water partition coefficient (Wildman–Crippen LogP) is 3.92. The molecule has 4 rings (SSSR count). The van der Waals surface area contributed by atoms with Crippen LogP contribution in [0.5, 0.6) is 0 Å². The highest BCUT2D eigenvalue weighted by molar-refractivity contribution is 7.99. The lowest BCUT2D eigenvalue weighted by Crippen LogP contribution is -2.05. The minimum Gasteiger partial charge on any atom is -0.293 e. The second kappa shape index (κ2) is 8.84. The highest BCUT2D eigenvalue weighted by atomic mass is 32.2. The second-order valence-corrected chi connectivity index (χ2v) is 7.53. The molecule has 0 saturated heterocycles. The number of hydrogen-bond donors (Lipinski definition) is 0. The number of benzene rings is 2. The Hall–Kier alpha value is -3.92. The third-order valence-electron chi connectivity index (χ3n) is 4.45. The van der Waals surface area contributed by atoms with Crippen molar-refractivity contribution < 1.29 is 9.72 Å². The van der Waals surface area contributed by atoms with Gasteiger partial charge in [-0.1, -0.05) is 29.5 Å². The van der Waals surface area contributed by atoms with E-state index in [2.05, 4.69) is 20.2 Å². The Labute approximate surface area is 181 Å². The van der Waals surface area contributed by atoms with Crippen molar-refractivity contribution in [2.75, 3.05) is 5.75 Å². The van der Waals surface area contributed by atoms with Gasteiger partial charge in [0.2, 0.25) is 0 Å². The summed E-state index contributed by atoms with van der Waals surface area (Å²) in [5.41, 5.74) is 2.84. The molecule has 0 atom stereocenters. The highest BCUT2D eigenvalue weighted by Crippen LogP contribution is 2.27. The molecule has 0 unspecified atom stereocenters. The third kappa shape index (κ3) is 4.48. The largest absolute Gasteiger partial charge is 0.293 e. The molecule has 0 aliphatic heterocycles. The van der Waals surface area contributed by atoms with Crippen molar-refractivity contribution in [3.63, 3.8) is 0 Å². The third-order valence-corrected chi connectivity index (χ3v) is 5.38. The maximum atomic E-state index is 12.6. The Bertz CT molecular complexity index is 1220. The first-order valence-electron chi connectivity index (χ1n) is 9.22. The Morgan fingerprint density at radius 2 is 1.81 bits per heavy atom. The van der Waals surface area contributed by atoms with Gasteiger partial charge >= 0.3 is 0 Å². The van der Waals surface area contributed by atoms with Gasteiger partial charge in [0, 0.05) is 35.8 Å². The van der Waals surface area contributed by atoms with Crippen LogP contribution in [0.1, 0.15) is 15.9 Å². The lowest BCUT2D eigenvalue weighted by Gasteiger charge is -2.10. The van der Waals surface area contributed by atoms with Crippen LogP contribution < -0.4 is 0 Å². The van der Waals surface area contributed by atoms with Crippen molar-refractivity contribution in [2.45, 2.75) is 12.1 Å². The number of Topliss-reactive ketones (excluding diaryl/α,β-unsaturated/α-hetero) is 1. The van der Waals surface area contributed by atoms with Gasteiger partial charge in [-0.25, -0.2) is 4.98 Å². The van der Waals surface area contributed by atoms with Crippen LogP contribution in [-0.4, -0.2) is 41.2 Å². The van der Waals surface area contributed by atoms with Gasteiger partial charge in [0.05, 0.1) is 16.9 Å². The predicted molar refractivity (Wildman–Crippen MR) is 115 cm³/mol. The minimum atomic E-state index is -0.499. The van der Waals surface area contributed by atoms with Crippen molar-refractivity contribution in [1.82, 2.24) is 24.7 Å². The Morgan fingerprint density at radius 3 is 2.45 bits per heavy atom. The number of aryl methyl sites for hydroxylation is 1. The van der Waals surface area contributed by atoms with Crippen LogP contribution in [0.15, 0.2) is 72.3 Å². The zero-order valence-electron chi connectivity index (χ0n) is 16.4. The van der Waals surface area contributed by atoms with Gasteiger partial charge in [-0.05, 0) is 31.2 Å². The highest BCUT2D eigenvalue weighted by Gasteiger charge is 2.19. The normalized spacial score (nSPS) is 10.7. The maximum Gasteiger partial charge on any atom is 0.269 e. The number of rotatable bonds is 7. The average molecular weight is 432 g/mol. The van der Waals surface area contributed by atoms with E-state index < -0.39 is 4.92 Å². The average Bonchev–Trinajstić information content (AvgIpc) is 3.22. The van der Waals surface area contributed by atoms with E-state index in [0.717, 1.165) is 11.3 Å². The standard InChI is InChI=1S/C21H16N6O3S/c1-14-2-6-16(7-3-14)26-20(18-12-22-10-11-23-18)24-25-21(26)31-13-19(28)15-4-8-17(9-5-15)27(29)30/h2-12H,13H2,1H3. The number of non-ortho nitro benzene ring substituents is 1. The van der Waals surface area contributed by atoms with Crippen LogP contribution in [0.2, 0.25) is 0 Å². The van der Waals surface area contributed by atoms with Crippen LogP contribution in [0.3, 0.4) is 0 Å². The molecule has 0 aliphatic rings. The zero-order valence-corrected chi connectivity index (χ0v) is 17.2. The fraction of sp³-hybridized carbons (Fsp3) is 0.0952. The van der Waals surface area contributed by atoms with Gasteiger partial charge in [-0.2, -0.15) is 0 Å². The molecule has 10 heteroatoms. The van der Waals surface area contributed by atoms with E-state index in [0.29, 0.717) is 22.2 Å². The lowest BCUT2D eigenvalue weighted by atomic mass is 10.1. The van der Waals surface area contributed by atoms with Gasteiger partial charge in [-0.15, -0.1) is 10.2 Å². The van der Waals surface area contributed by atoms with Gasteiger partial charge in [0.15, 0.2) is 16.8 Å². The maximum absolute atomic E-state index is 12.6. The fourth-order valence-electron chi connectivity index (χ4n) is 2.85. The molecule has 0 saturated carbocycles. The molecule has 0 radical (unpaired) electrons. The van der Waals surface area contributed by atoms with Gasteiger partial charge < -0.3 is 0 Å².